The van der Waals surface area contributed by atoms with Crippen LogP contribution in [0.25, 0.3) is 22.9 Å². The molecule has 2 atom stereocenters. The number of anilines is 2. The van der Waals surface area contributed by atoms with E-state index in [9.17, 15) is 19.2 Å². The third-order valence-electron chi connectivity index (χ3n) is 12.4. The number of hydrogen-bond donors (Lipinski definition) is 2. The number of rotatable bonds is 24. The standard InChI is InChI=1S/C60H64N10O8S2/c1-7-79-51(55-65-63-53(77-55)43-27-31-45(32-28-43)61-59(73)69(37-35-67(3)4)39-41-19-11-9-12-20-41)47-23-15-17-25-49(47)75-57(71)58(72)76-50-26-18-16-24-48(50)52(80-8-2)56-66-64-54(78-56)44-29-33-46(34-30-44)62-60(74)70(38-36-68(5)6)40-42-21-13-10-14-22-42/h9-34,51-52H,7-8,35-40H2,1-6H3,(H,61,73)(H,62,74). The zero-order chi connectivity index (χ0) is 56.4. The lowest BCUT2D eigenvalue weighted by molar-refractivity contribution is -0.156. The maximum Gasteiger partial charge on any atom is 0.423 e. The summed E-state index contributed by atoms with van der Waals surface area (Å²) in [5.41, 5.74) is 5.56. The lowest BCUT2D eigenvalue weighted by atomic mass is 10.1. The Labute approximate surface area is 474 Å². The highest BCUT2D eigenvalue weighted by atomic mass is 32.2. The van der Waals surface area contributed by atoms with Crippen molar-refractivity contribution in [3.05, 3.63) is 192 Å². The van der Waals surface area contributed by atoms with Gasteiger partial charge in [0.15, 0.2) is 0 Å². The maximum atomic E-state index is 13.7. The number of urea groups is 2. The van der Waals surface area contributed by atoms with Gasteiger partial charge in [-0.15, -0.1) is 43.9 Å². The second kappa shape index (κ2) is 28.5. The Kier molecular flexibility index (Phi) is 20.6. The van der Waals surface area contributed by atoms with Crippen molar-refractivity contribution in [1.82, 2.24) is 40.0 Å². The summed E-state index contributed by atoms with van der Waals surface area (Å²) in [6.07, 6.45) is 0. The molecule has 2 heterocycles. The lowest BCUT2D eigenvalue weighted by Gasteiger charge is -2.25. The molecule has 2 N–H and O–H groups in total. The first-order valence-electron chi connectivity index (χ1n) is 26.1. The molecule has 18 nitrogen and oxygen atoms in total. The van der Waals surface area contributed by atoms with Crippen LogP contribution in [0.15, 0.2) is 167 Å². The van der Waals surface area contributed by atoms with Crippen molar-refractivity contribution in [1.29, 1.82) is 0 Å². The number of hydrogen-bond acceptors (Lipinski definition) is 16. The van der Waals surface area contributed by atoms with Crippen LogP contribution < -0.4 is 20.1 Å². The predicted molar refractivity (Wildman–Crippen MR) is 312 cm³/mol. The number of benzene rings is 6. The van der Waals surface area contributed by atoms with Gasteiger partial charge in [0.05, 0.1) is 0 Å². The largest absolute Gasteiger partial charge is 0.423 e. The number of carbonyl (C=O) groups excluding carboxylic acids is 4. The molecule has 2 unspecified atom stereocenters. The molecule has 0 radical (unpaired) electrons. The number of likely N-dealkylation sites (N-methyl/N-ethyl adjacent to an activating group) is 2. The molecule has 6 aromatic carbocycles. The van der Waals surface area contributed by atoms with Crippen LogP contribution in [0.4, 0.5) is 21.0 Å². The van der Waals surface area contributed by atoms with Crippen LogP contribution in [0.2, 0.25) is 0 Å². The van der Waals surface area contributed by atoms with Gasteiger partial charge in [0, 0.05) is 72.9 Å². The Morgan fingerprint density at radius 3 is 1.20 bits per heavy atom. The highest BCUT2D eigenvalue weighted by molar-refractivity contribution is 7.99. The van der Waals surface area contributed by atoms with E-state index in [1.54, 1.807) is 107 Å². The van der Waals surface area contributed by atoms with Gasteiger partial charge in [0.2, 0.25) is 23.6 Å². The Bertz CT molecular complexity index is 3070. The average Bonchev–Trinajstić information content (AvgIpc) is 4.21. The summed E-state index contributed by atoms with van der Waals surface area (Å²) in [4.78, 5) is 61.9. The number of aromatic nitrogens is 4. The first-order chi connectivity index (χ1) is 38.8. The van der Waals surface area contributed by atoms with Crippen LogP contribution in [0, 0.1) is 0 Å². The first-order valence-corrected chi connectivity index (χ1v) is 28.2. The summed E-state index contributed by atoms with van der Waals surface area (Å²) >= 11 is 2.95. The number of amides is 4. The summed E-state index contributed by atoms with van der Waals surface area (Å²) in [6.45, 7) is 7.35. The van der Waals surface area contributed by atoms with E-state index in [2.05, 4.69) is 31.0 Å². The van der Waals surface area contributed by atoms with Crippen molar-refractivity contribution in [2.24, 2.45) is 0 Å². The Balaban J connectivity index is 0.911. The van der Waals surface area contributed by atoms with Gasteiger partial charge in [-0.1, -0.05) is 111 Å². The van der Waals surface area contributed by atoms with E-state index >= 15 is 0 Å². The normalized spacial score (nSPS) is 11.9. The van der Waals surface area contributed by atoms with Gasteiger partial charge in [0.25, 0.3) is 0 Å². The van der Waals surface area contributed by atoms with E-state index in [-0.39, 0.29) is 47.1 Å². The van der Waals surface area contributed by atoms with Crippen LogP contribution in [0.3, 0.4) is 0 Å². The topological polar surface area (TPSA) is 202 Å². The van der Waals surface area contributed by atoms with Gasteiger partial charge < -0.3 is 48.5 Å². The highest BCUT2D eigenvalue weighted by Crippen LogP contribution is 2.42. The molecule has 4 amide bonds. The van der Waals surface area contributed by atoms with E-state index < -0.39 is 22.4 Å². The molecule has 8 aromatic rings. The van der Waals surface area contributed by atoms with Gasteiger partial charge in [-0.2, -0.15) is 0 Å². The molecule has 414 valence electrons. The molecule has 0 aliphatic carbocycles. The molecule has 0 saturated heterocycles. The number of para-hydroxylation sites is 2. The molecule has 0 aliphatic rings. The van der Waals surface area contributed by atoms with Crippen LogP contribution in [-0.2, 0) is 22.7 Å². The Hall–Kier alpha value is -8.30. The van der Waals surface area contributed by atoms with Crippen molar-refractivity contribution in [3.8, 4) is 34.4 Å². The van der Waals surface area contributed by atoms with E-state index in [4.69, 9.17) is 18.3 Å². The molecule has 20 heteroatoms. The van der Waals surface area contributed by atoms with Crippen molar-refractivity contribution in [3.63, 3.8) is 0 Å². The molecular weight excluding hydrogens is 1050 g/mol. The SMILES string of the molecule is CCSC(c1nnc(-c2ccc(NC(=O)N(CCN(C)C)Cc3ccccc3)cc2)o1)c1ccccc1OC(=O)C(=O)Oc1ccccc1C(SCC)c1nnc(-c2ccc(NC(=O)N(CCN(C)C)Cc3ccccc3)cc2)o1. The summed E-state index contributed by atoms with van der Waals surface area (Å²) in [7, 11) is 7.89. The second-order valence-corrected chi connectivity index (χ2v) is 21.6. The molecule has 0 aliphatic heterocycles. The van der Waals surface area contributed by atoms with E-state index in [1.807, 2.05) is 113 Å². The average molecular weight is 1120 g/mol. The maximum absolute atomic E-state index is 13.7. The zero-order valence-corrected chi connectivity index (χ0v) is 47.1. The predicted octanol–water partition coefficient (Wildman–Crippen LogP) is 11.2. The van der Waals surface area contributed by atoms with Crippen molar-refractivity contribution >= 4 is 58.9 Å². The quantitative estimate of drug-likeness (QED) is 0.0328. The molecule has 0 bridgehead atoms. The molecule has 80 heavy (non-hydrogen) atoms. The first kappa shape index (κ1) is 57.9. The minimum atomic E-state index is -1.25. The van der Waals surface area contributed by atoms with E-state index in [1.165, 1.54) is 23.5 Å². The summed E-state index contributed by atoms with van der Waals surface area (Å²) in [5, 5.41) is 22.4. The zero-order valence-electron chi connectivity index (χ0n) is 45.5. The van der Waals surface area contributed by atoms with Crippen LogP contribution >= 0.6 is 23.5 Å². The lowest BCUT2D eigenvalue weighted by Crippen LogP contribution is -2.39. The second-order valence-electron chi connectivity index (χ2n) is 18.9. The number of esters is 2. The fraction of sp³-hybridized carbons (Fsp3) is 0.267. The third-order valence-corrected chi connectivity index (χ3v) is 14.6. The Morgan fingerprint density at radius 2 is 0.838 bits per heavy atom. The van der Waals surface area contributed by atoms with Crippen LogP contribution in [0.1, 0.15) is 58.4 Å². The van der Waals surface area contributed by atoms with E-state index in [0.717, 1.165) is 11.1 Å². The smallest absolute Gasteiger partial charge is 0.419 e. The van der Waals surface area contributed by atoms with Gasteiger partial charge >= 0.3 is 24.0 Å². The fourth-order valence-corrected chi connectivity index (χ4v) is 10.1. The van der Waals surface area contributed by atoms with Crippen molar-refractivity contribution in [2.45, 2.75) is 37.4 Å². The minimum Gasteiger partial charge on any atom is -0.419 e. The molecular formula is C60H64N10O8S2. The minimum absolute atomic E-state index is 0.110. The number of nitrogens with one attached hydrogen (secondary N) is 2. The Morgan fingerprint density at radius 1 is 0.475 bits per heavy atom. The van der Waals surface area contributed by atoms with Crippen LogP contribution in [-0.4, -0.2) is 130 Å². The monoisotopic (exact) mass is 1120 g/mol. The molecule has 8 rings (SSSR count). The highest BCUT2D eigenvalue weighted by Gasteiger charge is 2.31. The molecule has 0 fully saturated rings. The summed E-state index contributed by atoms with van der Waals surface area (Å²) in [5.74, 6) is -0.0100. The number of carbonyl (C=O) groups is 4. The van der Waals surface area contributed by atoms with Crippen LogP contribution in [0.5, 0.6) is 11.5 Å². The number of thioether (sulfide) groups is 2. The molecule has 0 saturated carbocycles. The van der Waals surface area contributed by atoms with Gasteiger partial charge in [-0.05, 0) is 111 Å². The number of nitrogens with zero attached hydrogens (tertiary/aromatic N) is 8. The van der Waals surface area contributed by atoms with Gasteiger partial charge in [-0.3, -0.25) is 0 Å². The molecule has 0 spiro atoms. The summed E-state index contributed by atoms with van der Waals surface area (Å²) < 4.78 is 24.1. The van der Waals surface area contributed by atoms with E-state index in [0.29, 0.717) is 84.4 Å². The summed E-state index contributed by atoms with van der Waals surface area (Å²) in [6, 6.07) is 47.2. The van der Waals surface area contributed by atoms with Gasteiger partial charge in [-0.25, -0.2) is 19.2 Å². The number of ether oxygens (including phenoxy) is 2. The third kappa shape index (κ3) is 15.9. The van der Waals surface area contributed by atoms with Crippen molar-refractivity contribution < 1.29 is 37.5 Å². The molecule has 2 aromatic heterocycles. The van der Waals surface area contributed by atoms with Crippen molar-refractivity contribution in [2.75, 3.05) is 76.5 Å². The fourth-order valence-electron chi connectivity index (χ4n) is 8.25. The van der Waals surface area contributed by atoms with Gasteiger partial charge in [0.1, 0.15) is 22.0 Å².